The van der Waals surface area contributed by atoms with Crippen LogP contribution < -0.4 is 19.7 Å². The lowest BCUT2D eigenvalue weighted by Crippen LogP contribution is -2.51. The van der Waals surface area contributed by atoms with E-state index < -0.39 is 27.7 Å². The summed E-state index contributed by atoms with van der Waals surface area (Å²) in [7, 11) is 0.502. The molecule has 2 aromatic heterocycles. The van der Waals surface area contributed by atoms with Gasteiger partial charge in [-0.1, -0.05) is 13.8 Å². The number of benzene rings is 1. The largest absolute Gasteiger partial charge is 0.476 e. The van der Waals surface area contributed by atoms with Crippen molar-refractivity contribution >= 4 is 33.4 Å². The summed E-state index contributed by atoms with van der Waals surface area (Å²) in [5.41, 5.74) is 1.80. The molecule has 0 radical (unpaired) electrons. The number of thiol groups is 1. The average molecular weight is 584 g/mol. The molecule has 1 aromatic carbocycles. The number of nitrogens with one attached hydrogen (secondary N) is 2. The second kappa shape index (κ2) is 10.3. The van der Waals surface area contributed by atoms with E-state index in [9.17, 15) is 13.2 Å². The summed E-state index contributed by atoms with van der Waals surface area (Å²) < 4.78 is 53.2. The van der Waals surface area contributed by atoms with Crippen LogP contribution in [0.1, 0.15) is 50.7 Å². The number of hydrogen-bond donors (Lipinski definition) is 3. The summed E-state index contributed by atoms with van der Waals surface area (Å²) in [5, 5.41) is 3.98. The monoisotopic (exact) mass is 583 g/mol. The molecule has 2 saturated carbocycles. The minimum atomic E-state index is -2.88. The number of halogens is 1. The van der Waals surface area contributed by atoms with Gasteiger partial charge in [-0.15, -0.1) is 0 Å². The normalized spacial score (nSPS) is 22.6. The molecule has 3 aliphatic rings. The Morgan fingerprint density at radius 2 is 1.93 bits per heavy atom. The Hall–Kier alpha value is -3.19. The fourth-order valence-corrected chi connectivity index (χ4v) is 6.97. The standard InChI is InChI=1S/C29H34FN5O5S/c1-16(2)31-7-8-40-26-21(29(5-6-29)34-41(37)38)9-17(14-33-26)19-10-20-23(11-22(19)30)32-15-24-25(20)28(27(36)35(24)3)12-18(13-28)39-4/h9-11,14-16,18,31,41H,5-8,12-13H2,1-4H3,(H,34,37,38). The molecule has 2 aliphatic carbocycles. The zero-order valence-electron chi connectivity index (χ0n) is 23.5. The van der Waals surface area contributed by atoms with E-state index in [2.05, 4.69) is 20.0 Å². The van der Waals surface area contributed by atoms with Crippen molar-refractivity contribution in [1.82, 2.24) is 20.0 Å². The smallest absolute Gasteiger partial charge is 0.237 e. The highest BCUT2D eigenvalue weighted by Crippen LogP contribution is 2.56. The number of likely N-dealkylation sites (N-methyl/N-ethyl adjacent to an activating group) is 1. The molecule has 1 spiro atoms. The number of hydrogen-bond acceptors (Lipinski definition) is 8. The lowest BCUT2D eigenvalue weighted by atomic mass is 9.62. The lowest BCUT2D eigenvalue weighted by molar-refractivity contribution is -0.131. The Bertz CT molecular complexity index is 1610. The van der Waals surface area contributed by atoms with Gasteiger partial charge in [-0.2, -0.15) is 0 Å². The molecule has 2 fully saturated rings. The lowest BCUT2D eigenvalue weighted by Gasteiger charge is -2.43. The van der Waals surface area contributed by atoms with Gasteiger partial charge < -0.3 is 19.7 Å². The van der Waals surface area contributed by atoms with Crippen LogP contribution in [0.3, 0.4) is 0 Å². The Morgan fingerprint density at radius 3 is 2.59 bits per heavy atom. The van der Waals surface area contributed by atoms with Crippen LogP contribution in [0.25, 0.3) is 22.0 Å². The summed E-state index contributed by atoms with van der Waals surface area (Å²) in [5.74, 6) is -0.182. The topological polar surface area (TPSA) is 123 Å². The van der Waals surface area contributed by atoms with E-state index >= 15 is 4.39 Å². The number of ether oxygens (including phenoxy) is 2. The molecule has 3 aromatic rings. The molecule has 2 N–H and O–H groups in total. The van der Waals surface area contributed by atoms with Crippen LogP contribution >= 0.6 is 0 Å². The minimum absolute atomic E-state index is 0.00754. The molecule has 41 heavy (non-hydrogen) atoms. The van der Waals surface area contributed by atoms with Crippen molar-refractivity contribution in [2.45, 2.75) is 62.6 Å². The molecule has 218 valence electrons. The summed E-state index contributed by atoms with van der Waals surface area (Å²) in [6.07, 6.45) is 5.42. The van der Waals surface area contributed by atoms with Gasteiger partial charge in [0.25, 0.3) is 0 Å². The van der Waals surface area contributed by atoms with Gasteiger partial charge in [0.15, 0.2) is 0 Å². The van der Waals surface area contributed by atoms with Crippen molar-refractivity contribution in [2.75, 3.05) is 32.2 Å². The highest BCUT2D eigenvalue weighted by Gasteiger charge is 2.59. The number of carbonyl (C=O) groups excluding carboxylic acids is 1. The van der Waals surface area contributed by atoms with E-state index in [0.717, 1.165) is 5.56 Å². The predicted octanol–water partition coefficient (Wildman–Crippen LogP) is 2.94. The molecule has 3 heterocycles. The van der Waals surface area contributed by atoms with Gasteiger partial charge in [0.1, 0.15) is 12.4 Å². The van der Waals surface area contributed by atoms with Gasteiger partial charge in [-0.25, -0.2) is 22.5 Å². The summed E-state index contributed by atoms with van der Waals surface area (Å²) in [6.45, 7) is 5.00. The zero-order valence-corrected chi connectivity index (χ0v) is 24.4. The van der Waals surface area contributed by atoms with Crippen molar-refractivity contribution in [2.24, 2.45) is 0 Å². The number of aromatic nitrogens is 2. The van der Waals surface area contributed by atoms with Crippen molar-refractivity contribution < 1.29 is 27.1 Å². The first kappa shape index (κ1) is 28.0. The van der Waals surface area contributed by atoms with Crippen LogP contribution in [0, 0.1) is 5.82 Å². The summed E-state index contributed by atoms with van der Waals surface area (Å²) >= 11 is 0. The molecule has 1 aliphatic heterocycles. The first-order valence-corrected chi connectivity index (χ1v) is 15.0. The van der Waals surface area contributed by atoms with E-state index in [-0.39, 0.29) is 23.6 Å². The maximum Gasteiger partial charge on any atom is 0.237 e. The number of methoxy groups -OCH3 is 1. The molecule has 6 rings (SSSR count). The highest BCUT2D eigenvalue weighted by atomic mass is 32.2. The number of fused-ring (bicyclic) bond motifs is 4. The molecular weight excluding hydrogens is 549 g/mol. The van der Waals surface area contributed by atoms with Gasteiger partial charge in [-0.3, -0.25) is 9.78 Å². The first-order chi connectivity index (χ1) is 19.6. The Morgan fingerprint density at radius 1 is 1.17 bits per heavy atom. The van der Waals surface area contributed by atoms with Gasteiger partial charge in [0.2, 0.25) is 22.7 Å². The second-order valence-electron chi connectivity index (χ2n) is 11.6. The van der Waals surface area contributed by atoms with Crippen molar-refractivity contribution in [3.8, 4) is 17.0 Å². The van der Waals surface area contributed by atoms with Crippen molar-refractivity contribution in [1.29, 1.82) is 0 Å². The van der Waals surface area contributed by atoms with Crippen LogP contribution in [-0.4, -0.2) is 63.7 Å². The number of anilines is 1. The van der Waals surface area contributed by atoms with Gasteiger partial charge in [0, 0.05) is 66.6 Å². The van der Waals surface area contributed by atoms with E-state index in [4.69, 9.17) is 9.47 Å². The fourth-order valence-electron chi connectivity index (χ4n) is 6.28. The SMILES string of the molecule is COC1CC2(C1)C(=O)N(C)c1cnc3cc(F)c(-c4cnc(OCCNC(C)C)c(C5(N[SH](=O)=O)CC5)c4)cc3c12. The van der Waals surface area contributed by atoms with Crippen LogP contribution in [0.15, 0.2) is 30.6 Å². The molecule has 0 atom stereocenters. The first-order valence-electron chi connectivity index (χ1n) is 13.8. The number of amides is 1. The molecule has 12 heteroatoms. The van der Waals surface area contributed by atoms with Crippen LogP contribution in [0.2, 0.25) is 0 Å². The van der Waals surface area contributed by atoms with Crippen molar-refractivity contribution in [3.63, 3.8) is 0 Å². The maximum atomic E-state index is 15.7. The van der Waals surface area contributed by atoms with Crippen LogP contribution in [-0.2, 0) is 31.4 Å². The number of pyridine rings is 2. The van der Waals surface area contributed by atoms with E-state index in [1.807, 2.05) is 13.8 Å². The third kappa shape index (κ3) is 4.66. The van der Waals surface area contributed by atoms with E-state index in [1.165, 1.54) is 6.07 Å². The highest BCUT2D eigenvalue weighted by molar-refractivity contribution is 7.70. The van der Waals surface area contributed by atoms with E-state index in [1.54, 1.807) is 43.6 Å². The molecule has 0 bridgehead atoms. The number of nitrogens with zero attached hydrogens (tertiary/aromatic N) is 3. The maximum absolute atomic E-state index is 15.7. The summed E-state index contributed by atoms with van der Waals surface area (Å²) in [4.78, 5) is 24.1. The quantitative estimate of drug-likeness (QED) is 0.246. The minimum Gasteiger partial charge on any atom is -0.476 e. The second-order valence-corrected chi connectivity index (χ2v) is 12.3. The van der Waals surface area contributed by atoms with Gasteiger partial charge in [-0.05, 0) is 37.8 Å². The fraction of sp³-hybridized carbons (Fsp3) is 0.483. The molecule has 10 nitrogen and oxygen atoms in total. The third-order valence-electron chi connectivity index (χ3n) is 8.60. The molecule has 1 amide bonds. The summed E-state index contributed by atoms with van der Waals surface area (Å²) in [6, 6.07) is 5.17. The Balaban J connectivity index is 1.45. The van der Waals surface area contributed by atoms with Gasteiger partial charge in [0.05, 0.1) is 34.5 Å². The van der Waals surface area contributed by atoms with Crippen LogP contribution in [0.5, 0.6) is 5.88 Å². The zero-order chi connectivity index (χ0) is 29.1. The molecule has 0 unspecified atom stereocenters. The molecule has 0 saturated heterocycles. The number of carbonyl (C=O) groups is 1. The Kier molecular flexibility index (Phi) is 7.00. The number of rotatable bonds is 10. The van der Waals surface area contributed by atoms with Crippen molar-refractivity contribution in [3.05, 3.63) is 47.5 Å². The average Bonchev–Trinajstić information content (AvgIpc) is 3.64. The third-order valence-corrected chi connectivity index (χ3v) is 9.21. The van der Waals surface area contributed by atoms with Crippen LogP contribution in [0.4, 0.5) is 10.1 Å². The molecular formula is C29H34FN5O5S. The predicted molar refractivity (Wildman–Crippen MR) is 153 cm³/mol. The van der Waals surface area contributed by atoms with Gasteiger partial charge >= 0.3 is 0 Å². The Labute approximate surface area is 239 Å². The van der Waals surface area contributed by atoms with E-state index in [0.29, 0.717) is 72.4 Å².